The summed E-state index contributed by atoms with van der Waals surface area (Å²) in [5, 5.41) is 6.92. The normalized spacial score (nSPS) is 16.6. The third-order valence-corrected chi connectivity index (χ3v) is 7.12. The van der Waals surface area contributed by atoms with Crippen LogP contribution in [0.5, 0.6) is 0 Å². The van der Waals surface area contributed by atoms with Gasteiger partial charge in [-0.3, -0.25) is 9.78 Å². The van der Waals surface area contributed by atoms with Crippen molar-refractivity contribution < 1.29 is 14.3 Å². The number of esters is 1. The van der Waals surface area contributed by atoms with Crippen molar-refractivity contribution in [1.82, 2.24) is 19.8 Å². The monoisotopic (exact) mass is 539 g/mol. The number of hydrogen-bond acceptors (Lipinski definition) is 5. The fourth-order valence-electron chi connectivity index (χ4n) is 4.87. The average Bonchev–Trinajstić information content (AvgIpc) is 3.57. The lowest BCUT2D eigenvalue weighted by atomic mass is 10.0. The molecule has 2 N–H and O–H groups in total. The molecule has 1 fully saturated rings. The van der Waals surface area contributed by atoms with Gasteiger partial charge >= 0.3 is 5.97 Å². The number of pyridine rings is 1. The van der Waals surface area contributed by atoms with Gasteiger partial charge in [0, 0.05) is 36.7 Å². The lowest BCUT2D eigenvalue weighted by Gasteiger charge is -2.29. The Hall–Kier alpha value is -4.50. The van der Waals surface area contributed by atoms with Gasteiger partial charge in [0.15, 0.2) is 5.11 Å². The van der Waals surface area contributed by atoms with E-state index in [1.807, 2.05) is 89.3 Å². The predicted octanol–water partition coefficient (Wildman–Crippen LogP) is 4.97. The van der Waals surface area contributed by atoms with E-state index in [4.69, 9.17) is 17.0 Å². The van der Waals surface area contributed by atoms with E-state index in [2.05, 4.69) is 15.6 Å². The minimum atomic E-state index is -0.420. The van der Waals surface area contributed by atoms with Gasteiger partial charge in [-0.15, -0.1) is 0 Å². The first kappa shape index (κ1) is 26.1. The molecule has 3 heterocycles. The fourth-order valence-corrected chi connectivity index (χ4v) is 5.20. The van der Waals surface area contributed by atoms with Crippen molar-refractivity contribution in [2.75, 3.05) is 19.0 Å². The number of hydrogen-bond donors (Lipinski definition) is 2. The number of nitrogens with one attached hydrogen (secondary N) is 2. The Morgan fingerprint density at radius 1 is 1.03 bits per heavy atom. The van der Waals surface area contributed by atoms with Crippen LogP contribution in [0.4, 0.5) is 5.69 Å². The summed E-state index contributed by atoms with van der Waals surface area (Å²) < 4.78 is 7.01. The van der Waals surface area contributed by atoms with Crippen LogP contribution in [0, 0.1) is 6.92 Å². The highest BCUT2D eigenvalue weighted by Crippen LogP contribution is 2.40. The second-order valence-electron chi connectivity index (χ2n) is 9.30. The molecule has 1 saturated heterocycles. The van der Waals surface area contributed by atoms with E-state index >= 15 is 0 Å². The van der Waals surface area contributed by atoms with Gasteiger partial charge in [0.25, 0.3) is 0 Å². The molecule has 0 aliphatic carbocycles. The maximum absolute atomic E-state index is 12.9. The highest BCUT2D eigenvalue weighted by Gasteiger charge is 2.41. The summed E-state index contributed by atoms with van der Waals surface area (Å²) in [7, 11) is 1.37. The number of amides is 1. The van der Waals surface area contributed by atoms with Gasteiger partial charge in [0.2, 0.25) is 5.91 Å². The number of benzene rings is 2. The number of carbonyl (C=O) groups excluding carboxylic acids is 2. The lowest BCUT2D eigenvalue weighted by Crippen LogP contribution is -2.33. The molecule has 1 aliphatic rings. The molecule has 0 unspecified atom stereocenters. The molecule has 8 nitrogen and oxygen atoms in total. The topological polar surface area (TPSA) is 88.5 Å². The largest absolute Gasteiger partial charge is 0.465 e. The molecular weight excluding hydrogens is 510 g/mol. The Morgan fingerprint density at radius 3 is 2.54 bits per heavy atom. The number of thiocarbonyl (C=S) groups is 1. The van der Waals surface area contributed by atoms with Crippen LogP contribution >= 0.6 is 12.2 Å². The van der Waals surface area contributed by atoms with E-state index in [1.54, 1.807) is 18.3 Å². The fraction of sp³-hybridized carbons (Fsp3) is 0.200. The molecular formula is C30H29N5O3S. The van der Waals surface area contributed by atoms with Gasteiger partial charge in [0.1, 0.15) is 0 Å². The summed E-state index contributed by atoms with van der Waals surface area (Å²) in [5.41, 5.74) is 4.74. The number of rotatable bonds is 8. The minimum Gasteiger partial charge on any atom is -0.465 e. The van der Waals surface area contributed by atoms with Gasteiger partial charge in [-0.1, -0.05) is 35.9 Å². The van der Waals surface area contributed by atoms with Gasteiger partial charge in [-0.05, 0) is 67.7 Å². The van der Waals surface area contributed by atoms with Gasteiger partial charge < -0.3 is 24.8 Å². The molecule has 2 aromatic heterocycles. The maximum atomic E-state index is 12.9. The van der Waals surface area contributed by atoms with E-state index in [9.17, 15) is 9.59 Å². The quantitative estimate of drug-likeness (QED) is 0.241. The molecule has 2 atom stereocenters. The van der Waals surface area contributed by atoms with Gasteiger partial charge in [-0.25, -0.2) is 4.79 Å². The highest BCUT2D eigenvalue weighted by atomic mass is 32.1. The third-order valence-electron chi connectivity index (χ3n) is 6.77. The molecule has 4 aromatic rings. The Bertz CT molecular complexity index is 1490. The number of anilines is 1. The van der Waals surface area contributed by atoms with Crippen LogP contribution < -0.4 is 10.6 Å². The summed E-state index contributed by atoms with van der Waals surface area (Å²) in [6.07, 6.45) is 3.90. The van der Waals surface area contributed by atoms with Crippen LogP contribution in [0.25, 0.3) is 5.69 Å². The number of carbonyl (C=O) groups is 2. The molecule has 1 aliphatic heterocycles. The SMILES string of the molecule is COC(=O)c1ccccc1-n1cccc1[C@@H]1[C@@H](c2ccccn2)NC(=S)N1CCC(=O)Nc1ccc(C)cc1. The third kappa shape index (κ3) is 5.53. The van der Waals surface area contributed by atoms with Crippen LogP contribution in [0.2, 0.25) is 0 Å². The number of para-hydroxylation sites is 1. The predicted molar refractivity (Wildman–Crippen MR) is 154 cm³/mol. The maximum Gasteiger partial charge on any atom is 0.339 e. The lowest BCUT2D eigenvalue weighted by molar-refractivity contribution is -0.116. The molecule has 0 bridgehead atoms. The Balaban J connectivity index is 1.48. The van der Waals surface area contributed by atoms with E-state index in [0.29, 0.717) is 22.9 Å². The second-order valence-corrected chi connectivity index (χ2v) is 9.68. The molecule has 0 radical (unpaired) electrons. The summed E-state index contributed by atoms with van der Waals surface area (Å²) in [5.74, 6) is -0.524. The summed E-state index contributed by atoms with van der Waals surface area (Å²) >= 11 is 5.78. The molecule has 2 aromatic carbocycles. The van der Waals surface area contributed by atoms with Crippen LogP contribution in [0.3, 0.4) is 0 Å². The first-order valence-corrected chi connectivity index (χ1v) is 13.1. The van der Waals surface area contributed by atoms with E-state index < -0.39 is 5.97 Å². The van der Waals surface area contributed by atoms with Crippen molar-refractivity contribution in [2.45, 2.75) is 25.4 Å². The Labute approximate surface area is 232 Å². The zero-order valence-electron chi connectivity index (χ0n) is 21.7. The van der Waals surface area contributed by atoms with Crippen LogP contribution in [0.15, 0.2) is 91.3 Å². The van der Waals surface area contributed by atoms with Crippen LogP contribution in [0.1, 0.15) is 45.8 Å². The second kappa shape index (κ2) is 11.5. The number of aromatic nitrogens is 2. The number of aryl methyl sites for hydroxylation is 1. The van der Waals surface area contributed by atoms with Crippen LogP contribution in [-0.4, -0.2) is 45.1 Å². The first-order chi connectivity index (χ1) is 19.0. The van der Waals surface area contributed by atoms with E-state index in [0.717, 1.165) is 22.6 Å². The highest BCUT2D eigenvalue weighted by molar-refractivity contribution is 7.80. The summed E-state index contributed by atoms with van der Waals surface area (Å²) in [6, 6.07) is 24.2. The Kier molecular flexibility index (Phi) is 7.69. The number of ether oxygens (including phenoxy) is 1. The standard InChI is InChI=1S/C30H29N5O3S/c1-20-12-14-21(15-13-20)32-26(36)16-19-35-28(27(33-30(35)39)23-9-5-6-17-31-23)25-11-7-18-34(25)24-10-4-3-8-22(24)29(37)38-2/h3-15,17-18,27-28H,16,19H2,1-2H3,(H,32,36)(H,33,39)/t27-,28-/m1/s1. The smallest absolute Gasteiger partial charge is 0.339 e. The zero-order valence-corrected chi connectivity index (χ0v) is 22.5. The Morgan fingerprint density at radius 2 is 1.79 bits per heavy atom. The molecule has 1 amide bonds. The summed E-state index contributed by atoms with van der Waals surface area (Å²) in [6.45, 7) is 2.39. The zero-order chi connectivity index (χ0) is 27.4. The number of nitrogens with zero attached hydrogens (tertiary/aromatic N) is 3. The van der Waals surface area contributed by atoms with Crippen molar-refractivity contribution in [3.05, 3.63) is 114 Å². The van der Waals surface area contributed by atoms with Crippen molar-refractivity contribution in [3.63, 3.8) is 0 Å². The van der Waals surface area contributed by atoms with Crippen LogP contribution in [-0.2, 0) is 9.53 Å². The van der Waals surface area contributed by atoms with Crippen molar-refractivity contribution in [3.8, 4) is 5.69 Å². The average molecular weight is 540 g/mol. The number of methoxy groups -OCH3 is 1. The van der Waals surface area contributed by atoms with Crippen molar-refractivity contribution >= 4 is 34.9 Å². The first-order valence-electron chi connectivity index (χ1n) is 12.7. The van der Waals surface area contributed by atoms with Gasteiger partial charge in [0.05, 0.1) is 36.1 Å². The van der Waals surface area contributed by atoms with Crippen molar-refractivity contribution in [1.29, 1.82) is 0 Å². The molecule has 0 spiro atoms. The van der Waals surface area contributed by atoms with Crippen molar-refractivity contribution in [2.24, 2.45) is 0 Å². The molecule has 9 heteroatoms. The molecule has 5 rings (SSSR count). The molecule has 198 valence electrons. The molecule has 39 heavy (non-hydrogen) atoms. The van der Waals surface area contributed by atoms with Gasteiger partial charge in [-0.2, -0.15) is 0 Å². The van der Waals surface area contributed by atoms with E-state index in [-0.39, 0.29) is 24.4 Å². The van der Waals surface area contributed by atoms with E-state index in [1.165, 1.54) is 7.11 Å². The minimum absolute atomic E-state index is 0.104. The molecule has 0 saturated carbocycles. The summed E-state index contributed by atoms with van der Waals surface area (Å²) in [4.78, 5) is 32.1.